The van der Waals surface area contributed by atoms with Gasteiger partial charge in [0.15, 0.2) is 0 Å². The number of nitrogens with zero attached hydrogens (tertiary/aromatic N) is 3. The van der Waals surface area contributed by atoms with Crippen LogP contribution in [0.25, 0.3) is 0 Å². The molecule has 1 aromatic rings. The first-order chi connectivity index (χ1) is 11.0. The summed E-state index contributed by atoms with van der Waals surface area (Å²) in [6, 6.07) is 2.25. The molecule has 2 fully saturated rings. The smallest absolute Gasteiger partial charge is 0.237 e. The first kappa shape index (κ1) is 16.5. The van der Waals surface area contributed by atoms with Gasteiger partial charge in [0.05, 0.1) is 11.7 Å². The molecule has 1 atom stereocenters. The SMILES string of the molecule is CC(C)NC(=O)C(C)N1CCN(Cc2cc(C3CC3)on2)CC1. The van der Waals surface area contributed by atoms with Gasteiger partial charge in [0.2, 0.25) is 5.91 Å². The minimum Gasteiger partial charge on any atom is -0.361 e. The van der Waals surface area contributed by atoms with Crippen LogP contribution in [0.3, 0.4) is 0 Å². The number of rotatable bonds is 6. The van der Waals surface area contributed by atoms with Crippen LogP contribution < -0.4 is 5.32 Å². The van der Waals surface area contributed by atoms with E-state index in [9.17, 15) is 4.79 Å². The quantitative estimate of drug-likeness (QED) is 0.862. The van der Waals surface area contributed by atoms with Crippen molar-refractivity contribution in [3.8, 4) is 0 Å². The second-order valence-electron chi connectivity index (χ2n) is 7.15. The molecule has 1 aliphatic heterocycles. The zero-order valence-corrected chi connectivity index (χ0v) is 14.4. The van der Waals surface area contributed by atoms with Crippen molar-refractivity contribution in [2.45, 2.75) is 58.2 Å². The maximum Gasteiger partial charge on any atom is 0.237 e. The van der Waals surface area contributed by atoms with Crippen molar-refractivity contribution < 1.29 is 9.32 Å². The molecule has 1 unspecified atom stereocenters. The zero-order chi connectivity index (χ0) is 16.4. The predicted octanol–water partition coefficient (Wildman–Crippen LogP) is 1.58. The highest BCUT2D eigenvalue weighted by Gasteiger charge is 2.29. The highest BCUT2D eigenvalue weighted by atomic mass is 16.5. The highest BCUT2D eigenvalue weighted by molar-refractivity contribution is 5.81. The molecule has 1 aromatic heterocycles. The largest absolute Gasteiger partial charge is 0.361 e. The standard InChI is InChI=1S/C17H28N4O2/c1-12(2)18-17(22)13(3)21-8-6-20(7-9-21)11-15-10-16(23-19-15)14-4-5-14/h10,12-14H,4-9,11H2,1-3H3,(H,18,22). The van der Waals surface area contributed by atoms with E-state index in [0.29, 0.717) is 5.92 Å². The van der Waals surface area contributed by atoms with Crippen LogP contribution >= 0.6 is 0 Å². The maximum absolute atomic E-state index is 12.1. The Labute approximate surface area is 138 Å². The summed E-state index contributed by atoms with van der Waals surface area (Å²) >= 11 is 0. The Bertz CT molecular complexity index is 530. The van der Waals surface area contributed by atoms with Crippen LogP contribution in [-0.4, -0.2) is 59.1 Å². The Kier molecular flexibility index (Phi) is 5.02. The summed E-state index contributed by atoms with van der Waals surface area (Å²) < 4.78 is 5.42. The van der Waals surface area contributed by atoms with Gasteiger partial charge in [-0.25, -0.2) is 0 Å². The Morgan fingerprint density at radius 1 is 1.30 bits per heavy atom. The number of nitrogens with one attached hydrogen (secondary N) is 1. The Hall–Kier alpha value is -1.40. The molecule has 0 radical (unpaired) electrons. The second-order valence-corrected chi connectivity index (χ2v) is 7.15. The van der Waals surface area contributed by atoms with Crippen molar-refractivity contribution in [1.82, 2.24) is 20.3 Å². The summed E-state index contributed by atoms with van der Waals surface area (Å²) in [6.45, 7) is 10.6. The van der Waals surface area contributed by atoms with E-state index >= 15 is 0 Å². The van der Waals surface area contributed by atoms with Crippen LogP contribution in [0.2, 0.25) is 0 Å². The van der Waals surface area contributed by atoms with Gasteiger partial charge in [-0.05, 0) is 33.6 Å². The summed E-state index contributed by atoms with van der Waals surface area (Å²) in [6.07, 6.45) is 2.48. The maximum atomic E-state index is 12.1. The van der Waals surface area contributed by atoms with Crippen molar-refractivity contribution in [2.24, 2.45) is 0 Å². The van der Waals surface area contributed by atoms with E-state index in [4.69, 9.17) is 4.52 Å². The van der Waals surface area contributed by atoms with Gasteiger partial charge < -0.3 is 9.84 Å². The summed E-state index contributed by atoms with van der Waals surface area (Å²) in [5.41, 5.74) is 1.03. The summed E-state index contributed by atoms with van der Waals surface area (Å²) in [5, 5.41) is 7.19. The van der Waals surface area contributed by atoms with Crippen molar-refractivity contribution in [3.63, 3.8) is 0 Å². The number of hydrogen-bond acceptors (Lipinski definition) is 5. The monoisotopic (exact) mass is 320 g/mol. The van der Waals surface area contributed by atoms with Crippen molar-refractivity contribution in [1.29, 1.82) is 0 Å². The number of amides is 1. The van der Waals surface area contributed by atoms with Gasteiger partial charge in [-0.15, -0.1) is 0 Å². The van der Waals surface area contributed by atoms with Crippen molar-refractivity contribution in [2.75, 3.05) is 26.2 Å². The molecule has 1 amide bonds. The summed E-state index contributed by atoms with van der Waals surface area (Å²) in [7, 11) is 0. The van der Waals surface area contributed by atoms with E-state index in [-0.39, 0.29) is 18.0 Å². The molecule has 6 nitrogen and oxygen atoms in total. The van der Waals surface area contributed by atoms with Crippen LogP contribution in [0, 0.1) is 0 Å². The summed E-state index contributed by atoms with van der Waals surface area (Å²) in [5.74, 6) is 1.80. The van der Waals surface area contributed by atoms with Gasteiger partial charge in [-0.3, -0.25) is 14.6 Å². The molecule has 128 valence electrons. The number of aromatic nitrogens is 1. The lowest BCUT2D eigenvalue weighted by atomic mass is 10.2. The van der Waals surface area contributed by atoms with E-state index in [1.807, 2.05) is 20.8 Å². The molecule has 0 spiro atoms. The van der Waals surface area contributed by atoms with Crippen molar-refractivity contribution >= 4 is 5.91 Å². The number of carbonyl (C=O) groups excluding carboxylic acids is 1. The van der Waals surface area contributed by atoms with E-state index < -0.39 is 0 Å². The molecule has 0 aromatic carbocycles. The third-order valence-corrected chi connectivity index (χ3v) is 4.71. The van der Waals surface area contributed by atoms with Gasteiger partial charge in [0.1, 0.15) is 5.76 Å². The molecule has 6 heteroatoms. The lowest BCUT2D eigenvalue weighted by molar-refractivity contribution is -0.127. The van der Waals surface area contributed by atoms with E-state index in [1.54, 1.807) is 0 Å². The third-order valence-electron chi connectivity index (χ3n) is 4.71. The van der Waals surface area contributed by atoms with Crippen LogP contribution in [0.1, 0.15) is 51.0 Å². The Morgan fingerprint density at radius 2 is 2.00 bits per heavy atom. The van der Waals surface area contributed by atoms with E-state index in [1.165, 1.54) is 12.8 Å². The first-order valence-electron chi connectivity index (χ1n) is 8.75. The Morgan fingerprint density at radius 3 is 2.61 bits per heavy atom. The molecule has 0 bridgehead atoms. The summed E-state index contributed by atoms with van der Waals surface area (Å²) in [4.78, 5) is 16.8. The van der Waals surface area contributed by atoms with Crippen LogP contribution in [0.15, 0.2) is 10.6 Å². The molecular formula is C17H28N4O2. The van der Waals surface area contributed by atoms with E-state index in [0.717, 1.165) is 44.2 Å². The lowest BCUT2D eigenvalue weighted by Crippen LogP contribution is -2.54. The molecule has 1 saturated carbocycles. The van der Waals surface area contributed by atoms with Crippen LogP contribution in [0.5, 0.6) is 0 Å². The average molecular weight is 320 g/mol. The fourth-order valence-corrected chi connectivity index (χ4v) is 3.07. The van der Waals surface area contributed by atoms with Gasteiger partial charge in [0, 0.05) is 50.7 Å². The molecule has 1 aliphatic carbocycles. The molecule has 2 heterocycles. The van der Waals surface area contributed by atoms with Gasteiger partial charge >= 0.3 is 0 Å². The third kappa shape index (κ3) is 4.32. The van der Waals surface area contributed by atoms with E-state index in [2.05, 4.69) is 26.3 Å². The molecule has 1 N–H and O–H groups in total. The lowest BCUT2D eigenvalue weighted by Gasteiger charge is -2.37. The van der Waals surface area contributed by atoms with Gasteiger partial charge in [-0.2, -0.15) is 0 Å². The first-order valence-corrected chi connectivity index (χ1v) is 8.75. The highest BCUT2D eigenvalue weighted by Crippen LogP contribution is 2.40. The van der Waals surface area contributed by atoms with Crippen LogP contribution in [-0.2, 0) is 11.3 Å². The fourth-order valence-electron chi connectivity index (χ4n) is 3.07. The topological polar surface area (TPSA) is 61.6 Å². The minimum atomic E-state index is -0.0620. The molecule has 2 aliphatic rings. The normalized spacial score (nSPS) is 21.6. The number of piperazine rings is 1. The minimum absolute atomic E-state index is 0.0620. The second kappa shape index (κ2) is 7.01. The molecule has 1 saturated heterocycles. The van der Waals surface area contributed by atoms with Gasteiger partial charge in [0.25, 0.3) is 0 Å². The average Bonchev–Trinajstić information content (AvgIpc) is 3.27. The number of hydrogen-bond donors (Lipinski definition) is 1. The molecular weight excluding hydrogens is 292 g/mol. The van der Waals surface area contributed by atoms with Crippen molar-refractivity contribution in [3.05, 3.63) is 17.5 Å². The zero-order valence-electron chi connectivity index (χ0n) is 14.4. The van der Waals surface area contributed by atoms with Gasteiger partial charge in [-0.1, -0.05) is 5.16 Å². The molecule has 23 heavy (non-hydrogen) atoms. The van der Waals surface area contributed by atoms with Crippen LogP contribution in [0.4, 0.5) is 0 Å². The fraction of sp³-hybridized carbons (Fsp3) is 0.765. The molecule has 3 rings (SSSR count). The number of carbonyl (C=O) groups is 1. The Balaban J connectivity index is 1.45. The predicted molar refractivity (Wildman–Crippen MR) is 88.1 cm³/mol.